The molecule has 2 N–H and O–H groups in total. The zero-order valence-electron chi connectivity index (χ0n) is 11.5. The number of aliphatic hydroxyl groups excluding tert-OH is 2. The molecule has 0 aromatic rings. The Hall–Kier alpha value is -1.14. The third-order valence-electron chi connectivity index (χ3n) is 3.86. The summed E-state index contributed by atoms with van der Waals surface area (Å²) in [5.41, 5.74) is 0. The molecule has 0 aliphatic carbocycles. The molecule has 2 aliphatic rings. The number of rotatable bonds is 9. The van der Waals surface area contributed by atoms with Crippen LogP contribution < -0.4 is 0 Å². The van der Waals surface area contributed by atoms with Gasteiger partial charge in [0.05, 0.1) is 25.0 Å². The second-order valence-corrected chi connectivity index (χ2v) is 5.67. The molecule has 114 valence electrons. The molecule has 0 amide bonds. The predicted octanol–water partition coefficient (Wildman–Crippen LogP) is 0.680. The van der Waals surface area contributed by atoms with Crippen molar-refractivity contribution in [2.45, 2.75) is 75.8 Å². The zero-order valence-corrected chi connectivity index (χ0v) is 11.5. The van der Waals surface area contributed by atoms with Gasteiger partial charge in [-0.25, -0.2) is 0 Å². The maximum Gasteiger partial charge on any atom is 0.309 e. The van der Waals surface area contributed by atoms with Crippen LogP contribution in [-0.4, -0.2) is 46.6 Å². The molecule has 0 saturated carbocycles. The molecule has 2 aliphatic heterocycles. The van der Waals surface area contributed by atoms with Gasteiger partial charge < -0.3 is 19.7 Å². The highest BCUT2D eigenvalue weighted by atomic mass is 16.6. The SMILES string of the molecule is O=C1CC(CCC(O)CCC(O)CCC2CC(=O)O2)O1. The minimum atomic E-state index is -0.467. The van der Waals surface area contributed by atoms with E-state index in [0.29, 0.717) is 51.4 Å². The molecule has 2 saturated heterocycles. The van der Waals surface area contributed by atoms with Crippen LogP contribution in [0.4, 0.5) is 0 Å². The van der Waals surface area contributed by atoms with Crippen LogP contribution in [0, 0.1) is 0 Å². The Labute approximate surface area is 118 Å². The van der Waals surface area contributed by atoms with E-state index in [1.165, 1.54) is 0 Å². The molecule has 4 unspecified atom stereocenters. The third kappa shape index (κ3) is 4.76. The van der Waals surface area contributed by atoms with Crippen molar-refractivity contribution in [2.75, 3.05) is 0 Å². The molecule has 0 radical (unpaired) electrons. The number of carbonyl (C=O) groups excluding carboxylic acids is 2. The van der Waals surface area contributed by atoms with E-state index in [1.807, 2.05) is 0 Å². The molecule has 20 heavy (non-hydrogen) atoms. The Bertz CT molecular complexity index is 306. The quantitative estimate of drug-likeness (QED) is 0.605. The van der Waals surface area contributed by atoms with Crippen LogP contribution in [0.25, 0.3) is 0 Å². The fourth-order valence-electron chi connectivity index (χ4n) is 2.48. The average molecular weight is 286 g/mol. The van der Waals surface area contributed by atoms with Crippen LogP contribution in [0.2, 0.25) is 0 Å². The van der Waals surface area contributed by atoms with Crippen molar-refractivity contribution in [3.05, 3.63) is 0 Å². The minimum Gasteiger partial charge on any atom is -0.462 e. The lowest BCUT2D eigenvalue weighted by Gasteiger charge is -2.27. The van der Waals surface area contributed by atoms with Crippen LogP contribution in [0.5, 0.6) is 0 Å². The second-order valence-electron chi connectivity index (χ2n) is 5.67. The number of cyclic esters (lactones) is 2. The van der Waals surface area contributed by atoms with Crippen molar-refractivity contribution in [2.24, 2.45) is 0 Å². The molecular weight excluding hydrogens is 264 g/mol. The molecule has 6 heteroatoms. The molecule has 2 rings (SSSR count). The van der Waals surface area contributed by atoms with Crippen LogP contribution in [0.15, 0.2) is 0 Å². The highest BCUT2D eigenvalue weighted by molar-refractivity contribution is 5.75. The van der Waals surface area contributed by atoms with Crippen LogP contribution in [-0.2, 0) is 19.1 Å². The lowest BCUT2D eigenvalue weighted by Crippen LogP contribution is -2.33. The summed E-state index contributed by atoms with van der Waals surface area (Å²) in [6, 6.07) is 0. The van der Waals surface area contributed by atoms with Gasteiger partial charge in [-0.15, -0.1) is 0 Å². The summed E-state index contributed by atoms with van der Waals surface area (Å²) in [5, 5.41) is 19.6. The van der Waals surface area contributed by atoms with E-state index in [4.69, 9.17) is 9.47 Å². The van der Waals surface area contributed by atoms with Crippen LogP contribution in [0.1, 0.15) is 51.4 Å². The number of esters is 2. The lowest BCUT2D eigenvalue weighted by molar-refractivity contribution is -0.171. The van der Waals surface area contributed by atoms with E-state index >= 15 is 0 Å². The third-order valence-corrected chi connectivity index (χ3v) is 3.86. The summed E-state index contributed by atoms with van der Waals surface area (Å²) < 4.78 is 9.73. The van der Waals surface area contributed by atoms with Gasteiger partial charge in [0.25, 0.3) is 0 Å². The maximum atomic E-state index is 10.6. The van der Waals surface area contributed by atoms with Crippen molar-refractivity contribution in [1.82, 2.24) is 0 Å². The first-order valence-electron chi connectivity index (χ1n) is 7.28. The van der Waals surface area contributed by atoms with E-state index in [0.717, 1.165) is 0 Å². The molecule has 6 nitrogen and oxygen atoms in total. The number of hydrogen-bond donors (Lipinski definition) is 2. The van der Waals surface area contributed by atoms with E-state index in [-0.39, 0.29) is 24.1 Å². The van der Waals surface area contributed by atoms with Crippen molar-refractivity contribution in [3.63, 3.8) is 0 Å². The van der Waals surface area contributed by atoms with E-state index in [1.54, 1.807) is 0 Å². The normalized spacial score (nSPS) is 27.9. The fraction of sp³-hybridized carbons (Fsp3) is 0.857. The summed E-state index contributed by atoms with van der Waals surface area (Å²) in [4.78, 5) is 21.2. The molecule has 0 aromatic heterocycles. The van der Waals surface area contributed by atoms with Gasteiger partial charge >= 0.3 is 11.9 Å². The summed E-state index contributed by atoms with van der Waals surface area (Å²) in [5.74, 6) is -0.340. The first kappa shape index (κ1) is 15.3. The highest BCUT2D eigenvalue weighted by Gasteiger charge is 2.29. The molecule has 2 fully saturated rings. The lowest BCUT2D eigenvalue weighted by atomic mass is 9.98. The molecule has 0 aromatic carbocycles. The minimum absolute atomic E-state index is 0.0321. The summed E-state index contributed by atoms with van der Waals surface area (Å²) >= 11 is 0. The Balaban J connectivity index is 1.46. The number of carbonyl (C=O) groups is 2. The van der Waals surface area contributed by atoms with E-state index < -0.39 is 12.2 Å². The van der Waals surface area contributed by atoms with Gasteiger partial charge in [-0.3, -0.25) is 9.59 Å². The van der Waals surface area contributed by atoms with Gasteiger partial charge in [-0.1, -0.05) is 0 Å². The second kappa shape index (κ2) is 7.04. The number of ether oxygens (including phenoxy) is 2. The first-order valence-corrected chi connectivity index (χ1v) is 7.28. The number of aliphatic hydroxyl groups is 2. The molecule has 0 spiro atoms. The van der Waals surface area contributed by atoms with E-state index in [9.17, 15) is 19.8 Å². The van der Waals surface area contributed by atoms with Crippen molar-refractivity contribution in [3.8, 4) is 0 Å². The monoisotopic (exact) mass is 286 g/mol. The Morgan fingerprint density at radius 2 is 1.20 bits per heavy atom. The standard InChI is InChI=1S/C14H22O6/c15-9(3-5-11-7-13(17)19-11)1-2-10(16)4-6-12-8-14(18)20-12/h9-12,15-16H,1-8H2. The summed E-state index contributed by atoms with van der Waals surface area (Å²) in [6.45, 7) is 0. The molecular formula is C14H22O6. The average Bonchev–Trinajstić information content (AvgIpc) is 2.34. The van der Waals surface area contributed by atoms with Gasteiger partial charge in [0.15, 0.2) is 0 Å². The Kier molecular flexibility index (Phi) is 5.37. The molecule has 4 atom stereocenters. The zero-order chi connectivity index (χ0) is 14.5. The van der Waals surface area contributed by atoms with Crippen LogP contribution in [0.3, 0.4) is 0 Å². The van der Waals surface area contributed by atoms with Gasteiger partial charge in [0.1, 0.15) is 12.2 Å². The van der Waals surface area contributed by atoms with Gasteiger partial charge in [-0.05, 0) is 38.5 Å². The van der Waals surface area contributed by atoms with Crippen molar-refractivity contribution >= 4 is 11.9 Å². The Morgan fingerprint density at radius 1 is 0.850 bits per heavy atom. The van der Waals surface area contributed by atoms with Gasteiger partial charge in [0, 0.05) is 0 Å². The van der Waals surface area contributed by atoms with Crippen molar-refractivity contribution in [1.29, 1.82) is 0 Å². The molecule has 2 heterocycles. The van der Waals surface area contributed by atoms with Gasteiger partial charge in [0.2, 0.25) is 0 Å². The van der Waals surface area contributed by atoms with Crippen LogP contribution >= 0.6 is 0 Å². The highest BCUT2D eigenvalue weighted by Crippen LogP contribution is 2.22. The van der Waals surface area contributed by atoms with E-state index in [2.05, 4.69) is 0 Å². The fourth-order valence-corrected chi connectivity index (χ4v) is 2.48. The smallest absolute Gasteiger partial charge is 0.309 e. The largest absolute Gasteiger partial charge is 0.462 e. The topological polar surface area (TPSA) is 93.1 Å². The summed E-state index contributed by atoms with van der Waals surface area (Å²) in [7, 11) is 0. The number of hydrogen-bond acceptors (Lipinski definition) is 6. The maximum absolute atomic E-state index is 10.6. The predicted molar refractivity (Wildman–Crippen MR) is 68.7 cm³/mol. The van der Waals surface area contributed by atoms with Gasteiger partial charge in [-0.2, -0.15) is 0 Å². The van der Waals surface area contributed by atoms with Crippen molar-refractivity contribution < 1.29 is 29.3 Å². The Morgan fingerprint density at radius 3 is 1.50 bits per heavy atom. The molecule has 0 bridgehead atoms. The summed E-state index contributed by atoms with van der Waals surface area (Å²) in [6.07, 6.45) is 3.52. The first-order chi connectivity index (χ1) is 9.52.